The zero-order chi connectivity index (χ0) is 27.7. The maximum atomic E-state index is 12.9. The smallest absolute Gasteiger partial charge is 0.335 e. The Balaban J connectivity index is 2.13. The summed E-state index contributed by atoms with van der Waals surface area (Å²) < 4.78 is 34.6. The van der Waals surface area contributed by atoms with Gasteiger partial charge in [-0.2, -0.15) is 0 Å². The zero-order valence-electron chi connectivity index (χ0n) is 23.3. The van der Waals surface area contributed by atoms with Crippen LogP contribution in [0.1, 0.15) is 67.2 Å². The van der Waals surface area contributed by atoms with Crippen LogP contribution in [-0.2, 0) is 29.0 Å². The molecule has 12 nitrogen and oxygen atoms in total. The molecule has 3 rings (SSSR count). The Kier molecular flexibility index (Phi) is 9.28. The average molecular weight is 556 g/mol. The van der Waals surface area contributed by atoms with Gasteiger partial charge in [-0.25, -0.2) is 4.79 Å². The third-order valence-electron chi connectivity index (χ3n) is 7.51. The SMILES string of the molecule is CO[C@@H]1[C@@H]2O[Si](C(C)C)(C(C)C)O[Si](C(C)C)(C(C)C)OC[C@H]2O[C@@H]1n1cc(CN=[N+]=[N-])c(=O)[nH]c1=O. The van der Waals surface area contributed by atoms with Crippen LogP contribution >= 0.6 is 0 Å². The minimum absolute atomic E-state index is 0.113. The molecule has 0 saturated carbocycles. The van der Waals surface area contributed by atoms with E-state index in [0.717, 1.165) is 0 Å². The summed E-state index contributed by atoms with van der Waals surface area (Å²) in [6.07, 6.45) is -1.29. The minimum Gasteiger partial charge on any atom is -0.414 e. The highest BCUT2D eigenvalue weighted by atomic mass is 28.5. The molecule has 1 N–H and O–H groups in total. The van der Waals surface area contributed by atoms with Crippen LogP contribution in [0.15, 0.2) is 20.9 Å². The number of hydrogen-bond acceptors (Lipinski definition) is 8. The van der Waals surface area contributed by atoms with E-state index in [1.54, 1.807) is 7.11 Å². The van der Waals surface area contributed by atoms with Crippen LogP contribution in [-0.4, -0.2) is 58.7 Å². The first-order valence-electron chi connectivity index (χ1n) is 12.9. The quantitative estimate of drug-likeness (QED) is 0.218. The van der Waals surface area contributed by atoms with Gasteiger partial charge in [0, 0.05) is 23.8 Å². The van der Waals surface area contributed by atoms with Crippen molar-refractivity contribution in [3.05, 3.63) is 43.0 Å². The molecule has 37 heavy (non-hydrogen) atoms. The Hall–Kier alpha value is -1.78. The molecule has 0 unspecified atom stereocenters. The summed E-state index contributed by atoms with van der Waals surface area (Å²) in [7, 11) is -4.15. The molecule has 0 aromatic carbocycles. The number of hydrogen-bond donors (Lipinski definition) is 1. The van der Waals surface area contributed by atoms with Crippen molar-refractivity contribution in [1.82, 2.24) is 9.55 Å². The van der Waals surface area contributed by atoms with E-state index in [2.05, 4.69) is 70.4 Å². The molecule has 14 heteroatoms. The molecule has 2 aliphatic heterocycles. The largest absolute Gasteiger partial charge is 0.414 e. The highest BCUT2D eigenvalue weighted by Gasteiger charge is 2.62. The molecule has 2 aliphatic rings. The fourth-order valence-electron chi connectivity index (χ4n) is 5.53. The molecule has 0 aliphatic carbocycles. The molecule has 208 valence electrons. The Labute approximate surface area is 219 Å². The van der Waals surface area contributed by atoms with Gasteiger partial charge in [-0.3, -0.25) is 14.3 Å². The molecular formula is C23H41N5O7Si2. The Bertz CT molecular complexity index is 1100. The van der Waals surface area contributed by atoms with Gasteiger partial charge in [0.1, 0.15) is 18.3 Å². The summed E-state index contributed by atoms with van der Waals surface area (Å²) in [5.41, 5.74) is 8.13. The zero-order valence-corrected chi connectivity index (χ0v) is 25.3. The molecule has 3 heterocycles. The van der Waals surface area contributed by atoms with Gasteiger partial charge in [-0.05, 0) is 27.7 Å². The highest BCUT2D eigenvalue weighted by Crippen LogP contribution is 2.48. The van der Waals surface area contributed by atoms with Crippen LogP contribution in [0.3, 0.4) is 0 Å². The van der Waals surface area contributed by atoms with E-state index in [-0.39, 0.29) is 40.9 Å². The number of fused-ring (bicyclic) bond motifs is 1. The normalized spacial score (nSPS) is 27.3. The maximum Gasteiger partial charge on any atom is 0.335 e. The van der Waals surface area contributed by atoms with Crippen LogP contribution in [0.25, 0.3) is 10.4 Å². The molecule has 2 fully saturated rings. The van der Waals surface area contributed by atoms with Crippen molar-refractivity contribution in [1.29, 1.82) is 0 Å². The van der Waals surface area contributed by atoms with E-state index in [9.17, 15) is 9.59 Å². The molecular weight excluding hydrogens is 514 g/mol. The van der Waals surface area contributed by atoms with Crippen LogP contribution in [0.2, 0.25) is 22.2 Å². The van der Waals surface area contributed by atoms with E-state index in [1.165, 1.54) is 10.8 Å². The first kappa shape index (κ1) is 29.8. The Morgan fingerprint density at radius 1 is 1.11 bits per heavy atom. The fourth-order valence-corrected chi connectivity index (χ4v) is 16.7. The van der Waals surface area contributed by atoms with Crippen molar-refractivity contribution in [2.45, 2.75) is 109 Å². The lowest BCUT2D eigenvalue weighted by atomic mass is 10.1. The average Bonchev–Trinajstić information content (AvgIpc) is 3.13. The first-order valence-corrected chi connectivity index (χ1v) is 16.8. The minimum atomic E-state index is -2.93. The summed E-state index contributed by atoms with van der Waals surface area (Å²) in [4.78, 5) is 30.1. The van der Waals surface area contributed by atoms with Crippen LogP contribution in [0.4, 0.5) is 0 Å². The topological polar surface area (TPSA) is 150 Å². The predicted molar refractivity (Wildman–Crippen MR) is 143 cm³/mol. The van der Waals surface area contributed by atoms with E-state index in [1.807, 2.05) is 0 Å². The Morgan fingerprint density at radius 3 is 2.22 bits per heavy atom. The molecule has 1 aromatic rings. The number of aromatic nitrogens is 2. The standard InChI is InChI=1S/C23H41N5O7Si2/c1-13(2)36(14(3)4)32-12-18-19(34-37(35-36,15(5)6)16(7)8)20(31-9)22(33-18)28-11-17(10-25-27-24)21(29)26-23(28)30/h11,13-16,18-20,22H,10,12H2,1-9H3,(H,26,29,30)/t18-,19-,20-,22+/m1/s1. The first-order chi connectivity index (χ1) is 17.3. The summed E-state index contributed by atoms with van der Waals surface area (Å²) >= 11 is 0. The van der Waals surface area contributed by atoms with Gasteiger partial charge in [0.15, 0.2) is 6.23 Å². The second-order valence-corrected chi connectivity index (χ2v) is 19.9. The second-order valence-electron chi connectivity index (χ2n) is 11.0. The predicted octanol–water partition coefficient (Wildman–Crippen LogP) is 4.22. The lowest BCUT2D eigenvalue weighted by Crippen LogP contribution is -2.65. The lowest BCUT2D eigenvalue weighted by molar-refractivity contribution is -0.0640. The Morgan fingerprint density at radius 2 is 1.70 bits per heavy atom. The molecule has 0 amide bonds. The number of H-pyrrole nitrogens is 1. The van der Waals surface area contributed by atoms with E-state index in [0.29, 0.717) is 0 Å². The van der Waals surface area contributed by atoms with Gasteiger partial charge in [0.25, 0.3) is 5.56 Å². The number of methoxy groups -OCH3 is 1. The lowest BCUT2D eigenvalue weighted by Gasteiger charge is -2.51. The summed E-state index contributed by atoms with van der Waals surface area (Å²) in [5.74, 6) is 0. The molecule has 4 atom stereocenters. The molecule has 1 aromatic heterocycles. The third-order valence-corrected chi connectivity index (χ3v) is 17.8. The summed E-state index contributed by atoms with van der Waals surface area (Å²) in [6, 6.07) is 0. The van der Waals surface area contributed by atoms with Crippen LogP contribution < -0.4 is 11.2 Å². The number of nitrogens with one attached hydrogen (secondary N) is 1. The van der Waals surface area contributed by atoms with Gasteiger partial charge < -0.3 is 22.4 Å². The van der Waals surface area contributed by atoms with Crippen molar-refractivity contribution in [2.75, 3.05) is 13.7 Å². The highest BCUT2D eigenvalue weighted by molar-refractivity contribution is 6.83. The van der Waals surface area contributed by atoms with Gasteiger partial charge in [-0.15, -0.1) is 0 Å². The molecule has 0 radical (unpaired) electrons. The van der Waals surface area contributed by atoms with E-state index in [4.69, 9.17) is 28.0 Å². The van der Waals surface area contributed by atoms with Gasteiger partial charge in [0.05, 0.1) is 13.2 Å². The fraction of sp³-hybridized carbons (Fsp3) is 0.826. The van der Waals surface area contributed by atoms with Gasteiger partial charge in [0.2, 0.25) is 0 Å². The van der Waals surface area contributed by atoms with Gasteiger partial charge >= 0.3 is 22.8 Å². The molecule has 2 saturated heterocycles. The van der Waals surface area contributed by atoms with Crippen molar-refractivity contribution < 1.29 is 22.4 Å². The van der Waals surface area contributed by atoms with Crippen molar-refractivity contribution in [3.8, 4) is 0 Å². The maximum absolute atomic E-state index is 12.9. The monoisotopic (exact) mass is 555 g/mol. The van der Waals surface area contributed by atoms with Crippen molar-refractivity contribution in [2.24, 2.45) is 5.11 Å². The van der Waals surface area contributed by atoms with Crippen LogP contribution in [0, 0.1) is 0 Å². The van der Waals surface area contributed by atoms with Crippen molar-refractivity contribution >= 4 is 17.1 Å². The number of aromatic amines is 1. The van der Waals surface area contributed by atoms with E-state index >= 15 is 0 Å². The van der Waals surface area contributed by atoms with E-state index < -0.39 is 52.9 Å². The molecule has 0 spiro atoms. The van der Waals surface area contributed by atoms with Crippen molar-refractivity contribution in [3.63, 3.8) is 0 Å². The van der Waals surface area contributed by atoms with Gasteiger partial charge in [-0.1, -0.05) is 60.5 Å². The number of rotatable bonds is 8. The van der Waals surface area contributed by atoms with Crippen LogP contribution in [0.5, 0.6) is 0 Å². The third kappa shape index (κ3) is 5.39. The second kappa shape index (κ2) is 11.5. The molecule has 0 bridgehead atoms. The summed E-state index contributed by atoms with van der Waals surface area (Å²) in [5, 5.41) is 3.47. The summed E-state index contributed by atoms with van der Waals surface area (Å²) in [6.45, 7) is 17.1. The number of azide groups is 1. The number of ether oxygens (including phenoxy) is 2. The number of nitrogens with zero attached hydrogens (tertiary/aromatic N) is 4.